The van der Waals surface area contributed by atoms with Gasteiger partial charge in [0.05, 0.1) is 6.04 Å². The highest BCUT2D eigenvalue weighted by atomic mass is 16.2. The smallest absolute Gasteiger partial charge is 0.226 e. The van der Waals surface area contributed by atoms with Crippen molar-refractivity contribution in [2.24, 2.45) is 11.8 Å². The number of likely N-dealkylation sites (tertiary alicyclic amines) is 1. The lowest BCUT2D eigenvalue weighted by Gasteiger charge is -2.43. The monoisotopic (exact) mass is 404 g/mol. The van der Waals surface area contributed by atoms with Crippen molar-refractivity contribution < 1.29 is 4.79 Å². The predicted molar refractivity (Wildman–Crippen MR) is 123 cm³/mol. The molecule has 2 aliphatic heterocycles. The molecule has 2 aliphatic rings. The highest BCUT2D eigenvalue weighted by molar-refractivity contribution is 5.80. The van der Waals surface area contributed by atoms with E-state index in [1.807, 2.05) is 0 Å². The molecule has 2 heterocycles. The Hall–Kier alpha value is -2.13. The van der Waals surface area contributed by atoms with E-state index >= 15 is 0 Å². The fraction of sp³-hybridized carbons (Fsp3) is 0.519. The molecular weight excluding hydrogens is 368 g/mol. The number of nitrogens with zero attached hydrogens (tertiary/aromatic N) is 2. The first-order chi connectivity index (χ1) is 14.5. The Morgan fingerprint density at radius 3 is 2.47 bits per heavy atom. The van der Waals surface area contributed by atoms with E-state index in [-0.39, 0.29) is 12.0 Å². The van der Waals surface area contributed by atoms with Crippen LogP contribution in [0.25, 0.3) is 0 Å². The number of rotatable bonds is 5. The van der Waals surface area contributed by atoms with Gasteiger partial charge in [-0.3, -0.25) is 4.79 Å². The molecule has 1 fully saturated rings. The number of amides is 1. The highest BCUT2D eigenvalue weighted by Crippen LogP contribution is 2.37. The van der Waals surface area contributed by atoms with Crippen molar-refractivity contribution in [3.8, 4) is 0 Å². The zero-order chi connectivity index (χ0) is 21.1. The zero-order valence-electron chi connectivity index (χ0n) is 18.8. The average Bonchev–Trinajstić information content (AvgIpc) is 2.77. The summed E-state index contributed by atoms with van der Waals surface area (Å²) in [6, 6.07) is 17.7. The molecule has 2 aromatic carbocycles. The molecule has 1 amide bonds. The van der Waals surface area contributed by atoms with Gasteiger partial charge in [0.15, 0.2) is 0 Å². The maximum absolute atomic E-state index is 13.5. The molecule has 30 heavy (non-hydrogen) atoms. The number of piperidine rings is 1. The summed E-state index contributed by atoms with van der Waals surface area (Å²) in [5.74, 6) is 1.01. The van der Waals surface area contributed by atoms with Gasteiger partial charge in [-0.25, -0.2) is 0 Å². The predicted octanol–water partition coefficient (Wildman–Crippen LogP) is 5.03. The van der Waals surface area contributed by atoms with Crippen molar-refractivity contribution in [3.63, 3.8) is 0 Å². The van der Waals surface area contributed by atoms with Gasteiger partial charge in [0.25, 0.3) is 0 Å². The Balaban J connectivity index is 1.37. The molecule has 0 aliphatic carbocycles. The summed E-state index contributed by atoms with van der Waals surface area (Å²) in [6.07, 6.45) is 4.07. The molecule has 3 nitrogen and oxygen atoms in total. The summed E-state index contributed by atoms with van der Waals surface area (Å²) >= 11 is 0. The van der Waals surface area contributed by atoms with Gasteiger partial charge in [-0.1, -0.05) is 67.9 Å². The molecule has 0 aromatic heterocycles. The van der Waals surface area contributed by atoms with E-state index in [0.29, 0.717) is 11.8 Å². The fourth-order valence-electron chi connectivity index (χ4n) is 5.32. The van der Waals surface area contributed by atoms with Gasteiger partial charge in [0, 0.05) is 19.0 Å². The molecule has 0 radical (unpaired) electrons. The molecule has 2 aromatic rings. The normalized spacial score (nSPS) is 20.4. The minimum atomic E-state index is 0.186. The summed E-state index contributed by atoms with van der Waals surface area (Å²) in [7, 11) is 0. The molecule has 1 saturated heterocycles. The molecule has 4 rings (SSSR count). The van der Waals surface area contributed by atoms with Gasteiger partial charge < -0.3 is 9.80 Å². The number of fused-ring (bicyclic) bond motifs is 1. The SMILES string of the molecule is Cc1ccc2c(c1)CCN(C(=O)C1CCN(CCc3ccccc3)CC1)C2C(C)C. The lowest BCUT2D eigenvalue weighted by atomic mass is 9.84. The summed E-state index contributed by atoms with van der Waals surface area (Å²) in [6.45, 7) is 10.7. The van der Waals surface area contributed by atoms with Crippen LogP contribution in [0.15, 0.2) is 48.5 Å². The number of benzene rings is 2. The van der Waals surface area contributed by atoms with Gasteiger partial charge in [0.2, 0.25) is 5.91 Å². The van der Waals surface area contributed by atoms with Crippen molar-refractivity contribution in [1.82, 2.24) is 9.80 Å². The maximum Gasteiger partial charge on any atom is 0.226 e. The van der Waals surface area contributed by atoms with Crippen LogP contribution in [0.5, 0.6) is 0 Å². The van der Waals surface area contributed by atoms with E-state index in [2.05, 4.69) is 79.1 Å². The first kappa shape index (κ1) is 21.1. The minimum absolute atomic E-state index is 0.186. The Morgan fingerprint density at radius 1 is 1.03 bits per heavy atom. The van der Waals surface area contributed by atoms with Crippen LogP contribution in [0.1, 0.15) is 55.0 Å². The van der Waals surface area contributed by atoms with Gasteiger partial charge in [-0.15, -0.1) is 0 Å². The average molecular weight is 405 g/mol. The molecule has 0 N–H and O–H groups in total. The Morgan fingerprint density at radius 2 is 1.77 bits per heavy atom. The van der Waals surface area contributed by atoms with Crippen molar-refractivity contribution in [2.75, 3.05) is 26.2 Å². The maximum atomic E-state index is 13.5. The minimum Gasteiger partial charge on any atom is -0.335 e. The van der Waals surface area contributed by atoms with E-state index in [9.17, 15) is 4.79 Å². The second-order valence-corrected chi connectivity index (χ2v) is 9.52. The standard InChI is InChI=1S/C27H36N2O/c1-20(2)26-25-10-9-21(3)19-24(25)14-18-29(26)27(30)23-12-16-28(17-13-23)15-11-22-7-5-4-6-8-22/h4-10,19-20,23,26H,11-18H2,1-3H3. The third-order valence-corrected chi connectivity index (χ3v) is 6.99. The summed E-state index contributed by atoms with van der Waals surface area (Å²) < 4.78 is 0. The molecule has 1 unspecified atom stereocenters. The number of hydrogen-bond donors (Lipinski definition) is 0. The van der Waals surface area contributed by atoms with E-state index < -0.39 is 0 Å². The third-order valence-electron chi connectivity index (χ3n) is 6.99. The van der Waals surface area contributed by atoms with Crippen LogP contribution < -0.4 is 0 Å². The molecule has 3 heteroatoms. The van der Waals surface area contributed by atoms with Crippen LogP contribution in [0.2, 0.25) is 0 Å². The molecule has 0 spiro atoms. The zero-order valence-corrected chi connectivity index (χ0v) is 18.8. The summed E-state index contributed by atoms with van der Waals surface area (Å²) in [4.78, 5) is 18.3. The van der Waals surface area contributed by atoms with Crippen molar-refractivity contribution >= 4 is 5.91 Å². The van der Waals surface area contributed by atoms with E-state index in [4.69, 9.17) is 0 Å². The van der Waals surface area contributed by atoms with Crippen molar-refractivity contribution in [2.45, 2.75) is 52.5 Å². The Bertz CT molecular complexity index is 852. The molecule has 160 valence electrons. The van der Waals surface area contributed by atoms with Crippen LogP contribution in [0.3, 0.4) is 0 Å². The second kappa shape index (κ2) is 9.34. The third kappa shape index (κ3) is 4.62. The first-order valence-electron chi connectivity index (χ1n) is 11.7. The highest BCUT2D eigenvalue weighted by Gasteiger charge is 2.36. The van der Waals surface area contributed by atoms with Crippen LogP contribution in [-0.4, -0.2) is 41.9 Å². The van der Waals surface area contributed by atoms with E-state index in [1.165, 1.54) is 22.3 Å². The fourth-order valence-corrected chi connectivity index (χ4v) is 5.32. The topological polar surface area (TPSA) is 23.6 Å². The largest absolute Gasteiger partial charge is 0.335 e. The number of aryl methyl sites for hydroxylation is 1. The van der Waals surface area contributed by atoms with Crippen LogP contribution in [0.4, 0.5) is 0 Å². The van der Waals surface area contributed by atoms with Crippen LogP contribution >= 0.6 is 0 Å². The van der Waals surface area contributed by atoms with Gasteiger partial charge >= 0.3 is 0 Å². The van der Waals surface area contributed by atoms with Crippen molar-refractivity contribution in [3.05, 3.63) is 70.8 Å². The lowest BCUT2D eigenvalue weighted by Crippen LogP contribution is -2.47. The summed E-state index contributed by atoms with van der Waals surface area (Å²) in [5.41, 5.74) is 5.53. The van der Waals surface area contributed by atoms with Crippen LogP contribution in [0, 0.1) is 18.8 Å². The molecule has 0 saturated carbocycles. The van der Waals surface area contributed by atoms with Crippen molar-refractivity contribution in [1.29, 1.82) is 0 Å². The number of hydrogen-bond acceptors (Lipinski definition) is 2. The Labute approximate surface area is 182 Å². The lowest BCUT2D eigenvalue weighted by molar-refractivity contribution is -0.141. The molecular formula is C27H36N2O. The second-order valence-electron chi connectivity index (χ2n) is 9.52. The van der Waals surface area contributed by atoms with Gasteiger partial charge in [-0.05, 0) is 68.3 Å². The summed E-state index contributed by atoms with van der Waals surface area (Å²) in [5, 5.41) is 0. The Kier molecular flexibility index (Phi) is 6.58. The van der Waals surface area contributed by atoms with Gasteiger partial charge in [0.1, 0.15) is 0 Å². The molecule has 0 bridgehead atoms. The van der Waals surface area contributed by atoms with E-state index in [0.717, 1.165) is 51.9 Å². The molecule has 1 atom stereocenters. The first-order valence-corrected chi connectivity index (χ1v) is 11.7. The van der Waals surface area contributed by atoms with Crippen LogP contribution in [-0.2, 0) is 17.6 Å². The van der Waals surface area contributed by atoms with E-state index in [1.54, 1.807) is 0 Å². The number of carbonyl (C=O) groups excluding carboxylic acids is 1. The van der Waals surface area contributed by atoms with Gasteiger partial charge in [-0.2, -0.15) is 0 Å². The number of carbonyl (C=O) groups is 1. The quantitative estimate of drug-likeness (QED) is 0.698.